The van der Waals surface area contributed by atoms with Gasteiger partial charge in [0, 0.05) is 6.54 Å². The highest BCUT2D eigenvalue weighted by atomic mass is 35.5. The topological polar surface area (TPSA) is 55.6 Å². The maximum absolute atomic E-state index is 5.96. The van der Waals surface area contributed by atoms with Gasteiger partial charge in [-0.15, -0.1) is 0 Å². The highest BCUT2D eigenvalue weighted by molar-refractivity contribution is 6.31. The Morgan fingerprint density at radius 3 is 2.88 bits per heavy atom. The first-order chi connectivity index (χ1) is 8.20. The van der Waals surface area contributed by atoms with Crippen molar-refractivity contribution in [1.82, 2.24) is 19.7 Å². The number of halogens is 1. The van der Waals surface area contributed by atoms with Crippen molar-refractivity contribution in [2.45, 2.75) is 20.3 Å². The van der Waals surface area contributed by atoms with Gasteiger partial charge in [0.05, 0.1) is 29.3 Å². The van der Waals surface area contributed by atoms with Crippen LogP contribution in [0, 0.1) is 6.92 Å². The molecule has 90 valence electrons. The van der Waals surface area contributed by atoms with E-state index in [2.05, 4.69) is 27.3 Å². The van der Waals surface area contributed by atoms with Gasteiger partial charge in [-0.2, -0.15) is 5.10 Å². The zero-order valence-corrected chi connectivity index (χ0v) is 10.6. The van der Waals surface area contributed by atoms with Crippen LogP contribution in [0.15, 0.2) is 18.6 Å². The summed E-state index contributed by atoms with van der Waals surface area (Å²) in [6, 6.07) is 0. The number of rotatable bonds is 4. The molecule has 0 aliphatic carbocycles. The molecule has 5 nitrogen and oxygen atoms in total. The van der Waals surface area contributed by atoms with Crippen molar-refractivity contribution in [3.8, 4) is 5.82 Å². The monoisotopic (exact) mass is 251 g/mol. The average molecular weight is 252 g/mol. The molecule has 0 bridgehead atoms. The van der Waals surface area contributed by atoms with Gasteiger partial charge < -0.3 is 5.32 Å². The maximum Gasteiger partial charge on any atom is 0.174 e. The van der Waals surface area contributed by atoms with Gasteiger partial charge in [0.15, 0.2) is 5.82 Å². The highest BCUT2D eigenvalue weighted by Crippen LogP contribution is 2.15. The summed E-state index contributed by atoms with van der Waals surface area (Å²) in [5, 5.41) is 8.06. The molecule has 1 N–H and O–H groups in total. The van der Waals surface area contributed by atoms with Crippen molar-refractivity contribution >= 4 is 17.4 Å². The molecule has 2 heterocycles. The average Bonchev–Trinajstić information content (AvgIpc) is 2.68. The molecule has 17 heavy (non-hydrogen) atoms. The Kier molecular flexibility index (Phi) is 3.58. The highest BCUT2D eigenvalue weighted by Gasteiger charge is 2.06. The molecule has 0 atom stereocenters. The van der Waals surface area contributed by atoms with Gasteiger partial charge in [0.1, 0.15) is 5.82 Å². The molecule has 2 rings (SSSR count). The van der Waals surface area contributed by atoms with Gasteiger partial charge in [-0.1, -0.05) is 18.5 Å². The summed E-state index contributed by atoms with van der Waals surface area (Å²) in [5.41, 5.74) is 0.778. The molecule has 0 saturated heterocycles. The van der Waals surface area contributed by atoms with Crippen LogP contribution in [-0.4, -0.2) is 26.3 Å². The second kappa shape index (κ2) is 5.14. The summed E-state index contributed by atoms with van der Waals surface area (Å²) in [5.74, 6) is 1.40. The van der Waals surface area contributed by atoms with E-state index >= 15 is 0 Å². The first-order valence-electron chi connectivity index (χ1n) is 5.48. The Hall–Kier alpha value is -1.62. The van der Waals surface area contributed by atoms with E-state index in [1.165, 1.54) is 0 Å². The molecule has 0 spiro atoms. The van der Waals surface area contributed by atoms with Gasteiger partial charge in [0.2, 0.25) is 0 Å². The summed E-state index contributed by atoms with van der Waals surface area (Å²) in [7, 11) is 0. The minimum absolute atomic E-state index is 0.624. The van der Waals surface area contributed by atoms with Crippen molar-refractivity contribution in [3.63, 3.8) is 0 Å². The Balaban J connectivity index is 2.26. The van der Waals surface area contributed by atoms with E-state index < -0.39 is 0 Å². The van der Waals surface area contributed by atoms with Gasteiger partial charge >= 0.3 is 0 Å². The Morgan fingerprint density at radius 1 is 1.41 bits per heavy atom. The number of nitrogens with one attached hydrogen (secondary N) is 1. The third-order valence-electron chi connectivity index (χ3n) is 2.25. The summed E-state index contributed by atoms with van der Waals surface area (Å²) < 4.78 is 1.63. The van der Waals surface area contributed by atoms with Gasteiger partial charge in [-0.05, 0) is 13.3 Å². The van der Waals surface area contributed by atoms with Crippen LogP contribution in [0.1, 0.15) is 19.0 Å². The Morgan fingerprint density at radius 2 is 2.24 bits per heavy atom. The van der Waals surface area contributed by atoms with Crippen molar-refractivity contribution in [3.05, 3.63) is 29.3 Å². The fourth-order valence-corrected chi connectivity index (χ4v) is 1.49. The standard InChI is InChI=1S/C11H14ClN5/c1-3-4-14-10-5-13-6-11(15-10)17-7-9(12)8(2)16-17/h5-7H,3-4H2,1-2H3,(H,14,15). The Labute approximate surface area is 105 Å². The first-order valence-corrected chi connectivity index (χ1v) is 5.86. The molecule has 0 aromatic carbocycles. The van der Waals surface area contributed by atoms with E-state index in [-0.39, 0.29) is 0 Å². The SMILES string of the molecule is CCCNc1cncc(-n2cc(Cl)c(C)n2)n1. The van der Waals surface area contributed by atoms with Gasteiger partial charge in [-0.3, -0.25) is 4.98 Å². The van der Waals surface area contributed by atoms with Crippen molar-refractivity contribution < 1.29 is 0 Å². The van der Waals surface area contributed by atoms with Crippen LogP contribution in [0.3, 0.4) is 0 Å². The van der Waals surface area contributed by atoms with E-state index in [0.29, 0.717) is 10.8 Å². The molecule has 0 aliphatic rings. The molecular formula is C11H14ClN5. The summed E-state index contributed by atoms with van der Waals surface area (Å²) in [6.45, 7) is 4.82. The predicted molar refractivity (Wildman–Crippen MR) is 67.7 cm³/mol. The first kappa shape index (κ1) is 11.9. The third-order valence-corrected chi connectivity index (χ3v) is 2.62. The van der Waals surface area contributed by atoms with Crippen LogP contribution < -0.4 is 5.32 Å². The lowest BCUT2D eigenvalue weighted by molar-refractivity contribution is 0.823. The molecular weight excluding hydrogens is 238 g/mol. The van der Waals surface area contributed by atoms with Crippen LogP contribution in [-0.2, 0) is 0 Å². The van der Waals surface area contributed by atoms with Crippen molar-refractivity contribution in [2.24, 2.45) is 0 Å². The molecule has 6 heteroatoms. The quantitative estimate of drug-likeness (QED) is 0.907. The minimum Gasteiger partial charge on any atom is -0.369 e. The van der Waals surface area contributed by atoms with Crippen LogP contribution in [0.2, 0.25) is 5.02 Å². The lowest BCUT2D eigenvalue weighted by Crippen LogP contribution is -2.06. The van der Waals surface area contributed by atoms with Crippen LogP contribution in [0.5, 0.6) is 0 Å². The summed E-state index contributed by atoms with van der Waals surface area (Å²) >= 11 is 5.96. The number of aromatic nitrogens is 4. The number of hydrogen-bond donors (Lipinski definition) is 1. The van der Waals surface area contributed by atoms with Gasteiger partial charge in [-0.25, -0.2) is 9.67 Å². The molecule has 0 fully saturated rings. The molecule has 0 unspecified atom stereocenters. The fraction of sp³-hybridized carbons (Fsp3) is 0.364. The zero-order chi connectivity index (χ0) is 12.3. The van der Waals surface area contributed by atoms with E-state index in [1.807, 2.05) is 6.92 Å². The number of hydrogen-bond acceptors (Lipinski definition) is 4. The molecule has 0 amide bonds. The second-order valence-corrected chi connectivity index (χ2v) is 4.10. The molecule has 2 aromatic heterocycles. The minimum atomic E-state index is 0.624. The summed E-state index contributed by atoms with van der Waals surface area (Å²) in [6.07, 6.45) is 6.11. The van der Waals surface area contributed by atoms with Crippen LogP contribution in [0.4, 0.5) is 5.82 Å². The normalized spacial score (nSPS) is 10.5. The molecule has 0 radical (unpaired) electrons. The maximum atomic E-state index is 5.96. The van der Waals surface area contributed by atoms with Gasteiger partial charge in [0.25, 0.3) is 0 Å². The van der Waals surface area contributed by atoms with Crippen molar-refractivity contribution in [1.29, 1.82) is 0 Å². The number of anilines is 1. The van der Waals surface area contributed by atoms with E-state index in [1.54, 1.807) is 23.3 Å². The van der Waals surface area contributed by atoms with Crippen LogP contribution in [0.25, 0.3) is 5.82 Å². The lowest BCUT2D eigenvalue weighted by atomic mass is 10.5. The third kappa shape index (κ3) is 2.74. The largest absolute Gasteiger partial charge is 0.369 e. The molecule has 2 aromatic rings. The van der Waals surface area contributed by atoms with Crippen molar-refractivity contribution in [2.75, 3.05) is 11.9 Å². The van der Waals surface area contributed by atoms with E-state index in [4.69, 9.17) is 11.6 Å². The second-order valence-electron chi connectivity index (χ2n) is 3.70. The lowest BCUT2D eigenvalue weighted by Gasteiger charge is -2.05. The number of nitrogens with zero attached hydrogens (tertiary/aromatic N) is 4. The summed E-state index contributed by atoms with van der Waals surface area (Å²) in [4.78, 5) is 8.53. The van der Waals surface area contributed by atoms with E-state index in [0.717, 1.165) is 24.5 Å². The van der Waals surface area contributed by atoms with E-state index in [9.17, 15) is 0 Å². The predicted octanol–water partition coefficient (Wildman–Crippen LogP) is 2.45. The smallest absolute Gasteiger partial charge is 0.174 e. The molecule has 0 saturated carbocycles. The fourth-order valence-electron chi connectivity index (χ4n) is 1.36. The Bertz CT molecular complexity index is 489. The number of aryl methyl sites for hydroxylation is 1. The zero-order valence-electron chi connectivity index (χ0n) is 9.81. The van der Waals surface area contributed by atoms with Crippen LogP contribution >= 0.6 is 11.6 Å². The molecule has 0 aliphatic heterocycles.